The van der Waals surface area contributed by atoms with Gasteiger partial charge in [-0.15, -0.1) is 53.6 Å². The number of hydrogen-bond donors (Lipinski definition) is 0. The molecule has 0 aliphatic carbocycles. The molecule has 345 valence electrons. The Hall–Kier alpha value is -6.27. The van der Waals surface area contributed by atoms with Gasteiger partial charge in [0.15, 0.2) is 0 Å². The SMILES string of the molecule is [2H]C([2H])(c1cc(-c2[c-]ccc(C(C)(C)C)c2)ncc1[Si](C)(C)C)C(C)C.[Ir].[c-]1ccc2c(sc3cc(-c4ccc5ccccc5c4)ccc32)c1-c1nc2ccccc2n1-c1ccccc1-c1ccccc1. The van der Waals surface area contributed by atoms with Crippen LogP contribution in [0.1, 0.15) is 48.5 Å². The average Bonchev–Trinajstić information content (AvgIpc) is 3.94. The Morgan fingerprint density at radius 3 is 2.16 bits per heavy atom. The van der Waals surface area contributed by atoms with Crippen LogP contribution in [-0.2, 0) is 31.9 Å². The van der Waals surface area contributed by atoms with E-state index in [0.29, 0.717) is 0 Å². The van der Waals surface area contributed by atoms with E-state index in [1.807, 2.05) is 49.6 Å². The first kappa shape index (κ1) is 45.2. The second-order valence-corrected chi connectivity index (χ2v) is 26.1. The first-order chi connectivity index (χ1) is 33.6. The van der Waals surface area contributed by atoms with Crippen molar-refractivity contribution in [3.8, 4) is 50.6 Å². The van der Waals surface area contributed by atoms with Crippen LogP contribution < -0.4 is 5.19 Å². The van der Waals surface area contributed by atoms with Gasteiger partial charge in [-0.05, 0) is 96.5 Å². The van der Waals surface area contributed by atoms with Crippen molar-refractivity contribution in [2.24, 2.45) is 5.92 Å². The van der Waals surface area contributed by atoms with E-state index in [9.17, 15) is 0 Å². The van der Waals surface area contributed by atoms with Crippen molar-refractivity contribution in [1.29, 1.82) is 0 Å². The minimum Gasteiger partial charge on any atom is -0.333 e. The van der Waals surface area contributed by atoms with E-state index in [1.165, 1.54) is 58.8 Å². The van der Waals surface area contributed by atoms with Crippen LogP contribution in [-0.4, -0.2) is 22.6 Å². The summed E-state index contributed by atoms with van der Waals surface area (Å²) in [6.07, 6.45) is 0.531. The number of rotatable bonds is 8. The molecule has 69 heavy (non-hydrogen) atoms. The van der Waals surface area contributed by atoms with Gasteiger partial charge < -0.3 is 9.55 Å². The van der Waals surface area contributed by atoms with Crippen molar-refractivity contribution in [3.63, 3.8) is 0 Å². The third-order valence-corrected chi connectivity index (χ3v) is 15.8. The molecule has 3 nitrogen and oxygen atoms in total. The summed E-state index contributed by atoms with van der Waals surface area (Å²) in [6.45, 7) is 17.2. The van der Waals surface area contributed by atoms with Gasteiger partial charge in [-0.3, -0.25) is 4.98 Å². The molecule has 0 unspecified atom stereocenters. The molecule has 11 aromatic rings. The Balaban J connectivity index is 0.000000200. The van der Waals surface area contributed by atoms with Crippen molar-refractivity contribution in [2.45, 2.75) is 66.0 Å². The van der Waals surface area contributed by atoms with Gasteiger partial charge in [0, 0.05) is 45.0 Å². The molecule has 0 amide bonds. The number of para-hydroxylation sites is 3. The Labute approximate surface area is 429 Å². The first-order valence-electron chi connectivity index (χ1n) is 24.6. The topological polar surface area (TPSA) is 30.7 Å². The zero-order chi connectivity index (χ0) is 49.0. The van der Waals surface area contributed by atoms with E-state index in [0.717, 1.165) is 50.1 Å². The minimum absolute atomic E-state index is 0. The molecule has 3 aromatic heterocycles. The summed E-state index contributed by atoms with van der Waals surface area (Å²) in [5.74, 6) is 0.805. The van der Waals surface area contributed by atoms with Crippen LogP contribution in [0.15, 0.2) is 182 Å². The summed E-state index contributed by atoms with van der Waals surface area (Å²) in [7, 11) is -1.71. The maximum absolute atomic E-state index is 8.69. The van der Waals surface area contributed by atoms with Crippen molar-refractivity contribution < 1.29 is 22.8 Å². The number of imidazole rings is 1. The molecule has 0 spiro atoms. The Morgan fingerprint density at radius 2 is 1.38 bits per heavy atom. The van der Waals surface area contributed by atoms with Crippen molar-refractivity contribution in [2.75, 3.05) is 0 Å². The molecule has 0 aliphatic heterocycles. The van der Waals surface area contributed by atoms with Gasteiger partial charge in [-0.2, -0.15) is 11.3 Å². The molecule has 8 aromatic carbocycles. The molecular weight excluding hydrogens is 1050 g/mol. The molecule has 6 heteroatoms. The minimum atomic E-state index is -1.71. The van der Waals surface area contributed by atoms with Crippen molar-refractivity contribution >= 4 is 66.6 Å². The smallest absolute Gasteiger partial charge is 0.0798 e. The van der Waals surface area contributed by atoms with Crippen LogP contribution in [0.2, 0.25) is 19.6 Å². The van der Waals surface area contributed by atoms with Gasteiger partial charge in [-0.1, -0.05) is 186 Å². The predicted molar refractivity (Wildman–Crippen MR) is 295 cm³/mol. The Bertz CT molecular complexity index is 3710. The molecule has 0 bridgehead atoms. The molecular formula is C63H57IrN3SSi-2. The van der Waals surface area contributed by atoms with E-state index in [-0.39, 0.29) is 31.4 Å². The maximum Gasteiger partial charge on any atom is 0.0798 e. The van der Waals surface area contributed by atoms with Crippen LogP contribution in [0, 0.1) is 18.1 Å². The molecule has 1 radical (unpaired) electrons. The summed E-state index contributed by atoms with van der Waals surface area (Å²) in [5.41, 5.74) is 12.8. The zero-order valence-electron chi connectivity index (χ0n) is 42.5. The number of hydrogen-bond acceptors (Lipinski definition) is 3. The summed E-state index contributed by atoms with van der Waals surface area (Å²) < 4.78 is 22.2. The van der Waals surface area contributed by atoms with Gasteiger partial charge in [0.1, 0.15) is 0 Å². The van der Waals surface area contributed by atoms with E-state index in [1.54, 1.807) is 0 Å². The quantitative estimate of drug-likeness (QED) is 0.112. The summed E-state index contributed by atoms with van der Waals surface area (Å²) >= 11 is 1.83. The Morgan fingerprint density at radius 1 is 0.681 bits per heavy atom. The average molecular weight is 1110 g/mol. The number of nitrogens with zero attached hydrogens (tertiary/aromatic N) is 3. The number of aromatic nitrogens is 3. The number of pyridine rings is 1. The van der Waals surface area contributed by atoms with Gasteiger partial charge in [0.2, 0.25) is 0 Å². The van der Waals surface area contributed by atoms with E-state index in [2.05, 4.69) is 215 Å². The van der Waals surface area contributed by atoms with Crippen molar-refractivity contribution in [3.05, 3.63) is 205 Å². The molecule has 0 saturated heterocycles. The molecule has 0 atom stereocenters. The van der Waals surface area contributed by atoms with Gasteiger partial charge in [0.05, 0.1) is 24.9 Å². The number of fused-ring (bicyclic) bond motifs is 5. The second kappa shape index (κ2) is 19.6. The fourth-order valence-corrected chi connectivity index (χ4v) is 11.8. The van der Waals surface area contributed by atoms with Gasteiger partial charge in [-0.25, -0.2) is 0 Å². The molecule has 0 aliphatic rings. The third kappa shape index (κ3) is 9.82. The molecule has 11 rings (SSSR count). The predicted octanol–water partition coefficient (Wildman–Crippen LogP) is 16.9. The largest absolute Gasteiger partial charge is 0.333 e. The van der Waals surface area contributed by atoms with Crippen molar-refractivity contribution in [1.82, 2.24) is 14.5 Å². The van der Waals surface area contributed by atoms with Crippen LogP contribution in [0.3, 0.4) is 0 Å². The number of thiophene rings is 1. The van der Waals surface area contributed by atoms with Crippen LogP contribution in [0.4, 0.5) is 0 Å². The monoisotopic (exact) mass is 1110 g/mol. The molecule has 0 fully saturated rings. The Kier molecular flexibility index (Phi) is 12.8. The van der Waals surface area contributed by atoms with E-state index >= 15 is 0 Å². The van der Waals surface area contributed by atoms with E-state index in [4.69, 9.17) is 12.7 Å². The first-order valence-corrected chi connectivity index (χ1v) is 27.9. The summed E-state index contributed by atoms with van der Waals surface area (Å²) in [4.78, 5) is 9.96. The fraction of sp³-hybridized carbons (Fsp3) is 0.175. The van der Waals surface area contributed by atoms with Crippen LogP contribution in [0.5, 0.6) is 0 Å². The molecule has 0 saturated carbocycles. The fourth-order valence-electron chi connectivity index (χ4n) is 9.14. The van der Waals surface area contributed by atoms with Crippen LogP contribution >= 0.6 is 11.3 Å². The third-order valence-electron chi connectivity index (χ3n) is 12.6. The molecule has 3 heterocycles. The van der Waals surface area contributed by atoms with E-state index < -0.39 is 14.4 Å². The van der Waals surface area contributed by atoms with Gasteiger partial charge >= 0.3 is 0 Å². The standard InChI is InChI=1S/C41H25N2S.C22H32NSi.Ir/c1-2-12-28(13-3-1)32-15-6-8-19-37(32)43-38-20-9-7-18-36(38)42-41(43)35-17-10-16-34-33-24-23-31(26-39(33)44-40(34)35)30-22-21-27-11-4-5-14-29(27)25-30;1-16(2)12-18-14-20(23-15-21(18)24(6,7)8)17-10-9-11-19(13-17)22(3,4)5;/h1-16,18-26H;9,11,13-16H,12H2,1-8H3;/q2*-1;/i;12D2;. The maximum atomic E-state index is 8.69. The normalized spacial score (nSPS) is 12.5. The summed E-state index contributed by atoms with van der Waals surface area (Å²) in [6, 6.07) is 69.0. The molecule has 0 N–H and O–H groups in total. The zero-order valence-corrected chi connectivity index (χ0v) is 44.7. The van der Waals surface area contributed by atoms with Crippen LogP contribution in [0.25, 0.3) is 92.6 Å². The number of benzene rings is 8. The van der Waals surface area contributed by atoms with Gasteiger partial charge in [0.25, 0.3) is 0 Å². The summed E-state index contributed by atoms with van der Waals surface area (Å²) in [5, 5.41) is 6.12. The second-order valence-electron chi connectivity index (χ2n) is 20.0.